The van der Waals surface area contributed by atoms with Crippen LogP contribution in [-0.2, 0) is 6.54 Å². The van der Waals surface area contributed by atoms with E-state index in [1.165, 1.54) is 0 Å². The second kappa shape index (κ2) is 7.36. The van der Waals surface area contributed by atoms with Crippen molar-refractivity contribution in [1.82, 2.24) is 9.55 Å². The van der Waals surface area contributed by atoms with Crippen LogP contribution in [0.15, 0.2) is 54.9 Å². The second-order valence-corrected chi connectivity index (χ2v) is 5.91. The number of nitrogens with two attached hydrogens (primary N) is 1. The smallest absolute Gasteiger partial charge is 0.161 e. The second-order valence-electron chi connectivity index (χ2n) is 5.47. The van der Waals surface area contributed by atoms with Gasteiger partial charge in [-0.05, 0) is 23.8 Å². The van der Waals surface area contributed by atoms with Crippen LogP contribution in [0.2, 0.25) is 0 Å². The first-order valence-corrected chi connectivity index (χ1v) is 8.16. The maximum absolute atomic E-state index is 5.84. The van der Waals surface area contributed by atoms with Crippen molar-refractivity contribution in [2.75, 3.05) is 14.2 Å². The molecule has 0 bridgehead atoms. The number of thiocarbonyl (C=S) groups is 1. The van der Waals surface area contributed by atoms with Gasteiger partial charge in [0.25, 0.3) is 0 Å². The third kappa shape index (κ3) is 3.49. The molecule has 0 unspecified atom stereocenters. The van der Waals surface area contributed by atoms with Crippen molar-refractivity contribution < 1.29 is 9.47 Å². The largest absolute Gasteiger partial charge is 0.493 e. The molecule has 6 heteroatoms. The highest BCUT2D eigenvalue weighted by Gasteiger charge is 2.12. The molecule has 0 saturated heterocycles. The number of benzene rings is 2. The highest BCUT2D eigenvalue weighted by atomic mass is 32.1. The van der Waals surface area contributed by atoms with Crippen LogP contribution in [0.1, 0.15) is 11.1 Å². The zero-order valence-corrected chi connectivity index (χ0v) is 14.9. The van der Waals surface area contributed by atoms with Crippen LogP contribution >= 0.6 is 12.2 Å². The predicted molar refractivity (Wildman–Crippen MR) is 102 cm³/mol. The van der Waals surface area contributed by atoms with Gasteiger partial charge in [-0.3, -0.25) is 0 Å². The van der Waals surface area contributed by atoms with Gasteiger partial charge in [-0.1, -0.05) is 36.5 Å². The van der Waals surface area contributed by atoms with E-state index >= 15 is 0 Å². The molecule has 3 aromatic rings. The van der Waals surface area contributed by atoms with Crippen molar-refractivity contribution >= 4 is 17.2 Å². The Balaban J connectivity index is 1.98. The Labute approximate surface area is 152 Å². The SMILES string of the molecule is COc1ccc(-c2nccn2Cc2ccccc2C(N)=S)cc1OC. The third-order valence-corrected chi connectivity index (χ3v) is 4.20. The monoisotopic (exact) mass is 353 g/mol. The lowest BCUT2D eigenvalue weighted by molar-refractivity contribution is 0.355. The normalized spacial score (nSPS) is 10.5. The average molecular weight is 353 g/mol. The van der Waals surface area contributed by atoms with Gasteiger partial charge in [0.15, 0.2) is 11.5 Å². The fourth-order valence-corrected chi connectivity index (χ4v) is 2.95. The fourth-order valence-electron chi connectivity index (χ4n) is 2.75. The summed E-state index contributed by atoms with van der Waals surface area (Å²) in [6, 6.07) is 13.6. The highest BCUT2D eigenvalue weighted by molar-refractivity contribution is 7.80. The Bertz CT molecular complexity index is 905. The Hall–Kier alpha value is -2.86. The van der Waals surface area contributed by atoms with Crippen LogP contribution in [0.5, 0.6) is 11.5 Å². The minimum Gasteiger partial charge on any atom is -0.493 e. The van der Waals surface area contributed by atoms with Crippen molar-refractivity contribution in [2.45, 2.75) is 6.54 Å². The zero-order valence-electron chi connectivity index (χ0n) is 14.1. The minimum atomic E-state index is 0.392. The molecule has 0 amide bonds. The van der Waals surface area contributed by atoms with Crippen molar-refractivity contribution in [3.05, 3.63) is 66.0 Å². The molecule has 0 radical (unpaired) electrons. The Kier molecular flexibility index (Phi) is 5.00. The van der Waals surface area contributed by atoms with Crippen LogP contribution in [0, 0.1) is 0 Å². The summed E-state index contributed by atoms with van der Waals surface area (Å²) in [5.41, 5.74) is 8.71. The number of imidazole rings is 1. The van der Waals surface area contributed by atoms with E-state index < -0.39 is 0 Å². The topological polar surface area (TPSA) is 62.3 Å². The van der Waals surface area contributed by atoms with E-state index in [0.29, 0.717) is 23.0 Å². The quantitative estimate of drug-likeness (QED) is 0.689. The summed E-state index contributed by atoms with van der Waals surface area (Å²) < 4.78 is 12.7. The van der Waals surface area contributed by atoms with Crippen molar-refractivity contribution in [1.29, 1.82) is 0 Å². The van der Waals surface area contributed by atoms with E-state index in [2.05, 4.69) is 9.55 Å². The van der Waals surface area contributed by atoms with Crippen LogP contribution in [0.3, 0.4) is 0 Å². The maximum Gasteiger partial charge on any atom is 0.161 e. The molecule has 5 nitrogen and oxygen atoms in total. The molecule has 0 saturated carbocycles. The lowest BCUT2D eigenvalue weighted by Gasteiger charge is -2.13. The summed E-state index contributed by atoms with van der Waals surface area (Å²) in [6.45, 7) is 0.622. The van der Waals surface area contributed by atoms with Gasteiger partial charge in [-0.2, -0.15) is 0 Å². The zero-order chi connectivity index (χ0) is 17.8. The summed E-state index contributed by atoms with van der Waals surface area (Å²) in [6.07, 6.45) is 3.71. The molecular weight excluding hydrogens is 334 g/mol. The molecule has 0 aliphatic heterocycles. The van der Waals surface area contributed by atoms with Gasteiger partial charge in [-0.25, -0.2) is 4.98 Å². The molecule has 128 valence electrons. The van der Waals surface area contributed by atoms with Crippen LogP contribution in [0.25, 0.3) is 11.4 Å². The van der Waals surface area contributed by atoms with E-state index in [-0.39, 0.29) is 0 Å². The van der Waals surface area contributed by atoms with E-state index in [1.807, 2.05) is 48.7 Å². The number of aromatic nitrogens is 2. The number of rotatable bonds is 6. The maximum atomic E-state index is 5.84. The number of nitrogens with zero attached hydrogens (tertiary/aromatic N) is 2. The number of hydrogen-bond donors (Lipinski definition) is 1. The van der Waals surface area contributed by atoms with Gasteiger partial charge in [-0.15, -0.1) is 0 Å². The number of ether oxygens (including phenoxy) is 2. The first kappa shape index (κ1) is 17.0. The molecule has 0 aliphatic carbocycles. The average Bonchev–Trinajstić information content (AvgIpc) is 3.09. The molecule has 0 fully saturated rings. The Morgan fingerprint density at radius 3 is 2.60 bits per heavy atom. The molecule has 1 heterocycles. The molecule has 2 aromatic carbocycles. The standard InChI is InChI=1S/C19H19N3O2S/c1-23-16-8-7-13(11-17(16)24-2)19-21-9-10-22(19)12-14-5-3-4-6-15(14)18(20)25/h3-11H,12H2,1-2H3,(H2,20,25). The summed E-state index contributed by atoms with van der Waals surface area (Å²) in [5, 5.41) is 0. The van der Waals surface area contributed by atoms with E-state index in [1.54, 1.807) is 20.4 Å². The van der Waals surface area contributed by atoms with E-state index in [4.69, 9.17) is 27.4 Å². The summed E-state index contributed by atoms with van der Waals surface area (Å²) in [4.78, 5) is 4.88. The summed E-state index contributed by atoms with van der Waals surface area (Å²) in [5.74, 6) is 2.18. The van der Waals surface area contributed by atoms with Gasteiger partial charge in [0.1, 0.15) is 10.8 Å². The molecule has 0 spiro atoms. The van der Waals surface area contributed by atoms with Crippen molar-refractivity contribution in [2.24, 2.45) is 5.73 Å². The molecular formula is C19H19N3O2S. The number of hydrogen-bond acceptors (Lipinski definition) is 4. The molecule has 2 N–H and O–H groups in total. The lowest BCUT2D eigenvalue weighted by atomic mass is 10.1. The summed E-state index contributed by atoms with van der Waals surface area (Å²) >= 11 is 5.15. The van der Waals surface area contributed by atoms with Gasteiger partial charge in [0.05, 0.1) is 14.2 Å². The molecule has 25 heavy (non-hydrogen) atoms. The molecule has 0 aliphatic rings. The van der Waals surface area contributed by atoms with E-state index in [9.17, 15) is 0 Å². The third-order valence-electron chi connectivity index (χ3n) is 3.98. The van der Waals surface area contributed by atoms with Gasteiger partial charge in [0.2, 0.25) is 0 Å². The van der Waals surface area contributed by atoms with Crippen LogP contribution in [0.4, 0.5) is 0 Å². The van der Waals surface area contributed by atoms with Gasteiger partial charge in [0, 0.05) is 30.1 Å². The number of methoxy groups -OCH3 is 2. The van der Waals surface area contributed by atoms with Crippen LogP contribution < -0.4 is 15.2 Å². The summed E-state index contributed by atoms with van der Waals surface area (Å²) in [7, 11) is 3.23. The Morgan fingerprint density at radius 1 is 1.12 bits per heavy atom. The van der Waals surface area contributed by atoms with Crippen LogP contribution in [-0.4, -0.2) is 28.8 Å². The van der Waals surface area contributed by atoms with Gasteiger partial charge < -0.3 is 19.8 Å². The van der Waals surface area contributed by atoms with Gasteiger partial charge >= 0.3 is 0 Å². The highest BCUT2D eigenvalue weighted by Crippen LogP contribution is 2.31. The first-order valence-electron chi connectivity index (χ1n) is 7.75. The van der Waals surface area contributed by atoms with Crippen molar-refractivity contribution in [3.63, 3.8) is 0 Å². The minimum absolute atomic E-state index is 0.392. The van der Waals surface area contributed by atoms with Crippen molar-refractivity contribution in [3.8, 4) is 22.9 Å². The molecule has 3 rings (SSSR count). The molecule has 1 aromatic heterocycles. The molecule has 0 atom stereocenters. The first-order chi connectivity index (χ1) is 12.1. The fraction of sp³-hybridized carbons (Fsp3) is 0.158. The Morgan fingerprint density at radius 2 is 1.88 bits per heavy atom. The van der Waals surface area contributed by atoms with E-state index in [0.717, 1.165) is 22.5 Å². The lowest BCUT2D eigenvalue weighted by Crippen LogP contribution is -2.14. The predicted octanol–water partition coefficient (Wildman–Crippen LogP) is 3.25.